The highest BCUT2D eigenvalue weighted by atomic mass is 16.6. The molecule has 4 fully saturated rings. The van der Waals surface area contributed by atoms with E-state index < -0.39 is 41.8 Å². The standard InChI is InChI=1S/C34H46N4O6/c1-18-8-7-11-25(18)44-33(43)37-27(22-15-20-9-5-6-10-21(20)16-22)32(42)38-17-23-26(34(23,2)3)28(38)30(40)36-24(14-19-12-13-19)29(39)31(41)35-4/h5-6,9-10,18-19,22-28H,7-8,11-17H2,1-4H3,(H,35,41)(H,36,40)(H,37,43)/t18-,23-,24?,25-,26-,27-,28-/m0/s1. The van der Waals surface area contributed by atoms with Gasteiger partial charge in [-0.25, -0.2) is 4.79 Å². The molecule has 1 heterocycles. The summed E-state index contributed by atoms with van der Waals surface area (Å²) in [7, 11) is 1.40. The van der Waals surface area contributed by atoms with Crippen LogP contribution in [0.5, 0.6) is 0 Å². The SMILES string of the molecule is CNC(=O)C(=O)C(CC1CC1)NC(=O)[C@@H]1[C@@H]2[C@H](CN1C(=O)[C@@H](NC(=O)O[C@H]1CCC[C@@H]1C)C1Cc3ccccc3C1)C2(C)C. The summed E-state index contributed by atoms with van der Waals surface area (Å²) in [5.41, 5.74) is 2.18. The van der Waals surface area contributed by atoms with Crippen molar-refractivity contribution in [1.29, 1.82) is 0 Å². The molecule has 4 aliphatic carbocycles. The van der Waals surface area contributed by atoms with Gasteiger partial charge >= 0.3 is 6.09 Å². The number of Topliss-reactive ketones (excluding diaryl/α,β-unsaturated/α-hetero) is 1. The van der Waals surface area contributed by atoms with E-state index in [9.17, 15) is 24.0 Å². The van der Waals surface area contributed by atoms with Crippen LogP contribution in [0.2, 0.25) is 0 Å². The van der Waals surface area contributed by atoms with Crippen molar-refractivity contribution >= 4 is 29.6 Å². The molecule has 6 rings (SSSR count). The molecule has 1 aromatic rings. The van der Waals surface area contributed by atoms with Crippen LogP contribution in [0, 0.1) is 35.0 Å². The van der Waals surface area contributed by atoms with E-state index in [1.807, 2.05) is 12.1 Å². The fraction of sp³-hybridized carbons (Fsp3) is 0.676. The molecule has 44 heavy (non-hydrogen) atoms. The number of ether oxygens (including phenoxy) is 1. The number of likely N-dealkylation sites (N-methyl/N-ethyl adjacent to an activating group) is 1. The highest BCUT2D eigenvalue weighted by Crippen LogP contribution is 2.65. The first-order valence-corrected chi connectivity index (χ1v) is 16.4. The van der Waals surface area contributed by atoms with Gasteiger partial charge in [-0.2, -0.15) is 0 Å². The monoisotopic (exact) mass is 606 g/mol. The normalized spacial score (nSPS) is 29.6. The Bertz CT molecular complexity index is 1320. The lowest BCUT2D eigenvalue weighted by Gasteiger charge is -2.35. The van der Waals surface area contributed by atoms with Crippen molar-refractivity contribution < 1.29 is 28.7 Å². The topological polar surface area (TPSA) is 134 Å². The Morgan fingerprint density at radius 3 is 2.27 bits per heavy atom. The third-order valence-electron chi connectivity index (χ3n) is 11.2. The number of carbonyl (C=O) groups is 5. The lowest BCUT2D eigenvalue weighted by molar-refractivity contribution is -0.144. The number of carbonyl (C=O) groups excluding carboxylic acids is 5. The fourth-order valence-electron chi connectivity index (χ4n) is 8.24. The number of fused-ring (bicyclic) bond motifs is 2. The lowest BCUT2D eigenvalue weighted by Crippen LogP contribution is -2.59. The van der Waals surface area contributed by atoms with Gasteiger partial charge < -0.3 is 25.6 Å². The summed E-state index contributed by atoms with van der Waals surface area (Å²) in [6.45, 7) is 6.68. The number of hydrogen-bond acceptors (Lipinski definition) is 6. The zero-order valence-electron chi connectivity index (χ0n) is 26.3. The molecule has 0 bridgehead atoms. The molecule has 3 N–H and O–H groups in total. The van der Waals surface area contributed by atoms with Crippen molar-refractivity contribution in [2.75, 3.05) is 13.6 Å². The van der Waals surface area contributed by atoms with E-state index in [0.717, 1.165) is 43.2 Å². The van der Waals surface area contributed by atoms with Crippen molar-refractivity contribution in [3.05, 3.63) is 35.4 Å². The highest BCUT2D eigenvalue weighted by Gasteiger charge is 2.70. The van der Waals surface area contributed by atoms with E-state index in [0.29, 0.717) is 31.7 Å². The number of likely N-dealkylation sites (tertiary alicyclic amines) is 1. The minimum Gasteiger partial charge on any atom is -0.446 e. The Morgan fingerprint density at radius 2 is 1.68 bits per heavy atom. The predicted octanol–water partition coefficient (Wildman–Crippen LogP) is 2.77. The second kappa shape index (κ2) is 11.8. The first-order chi connectivity index (χ1) is 21.0. The maximum absolute atomic E-state index is 14.5. The number of nitrogens with one attached hydrogen (secondary N) is 3. The number of ketones is 1. The van der Waals surface area contributed by atoms with Gasteiger partial charge in [0.05, 0.1) is 6.04 Å². The summed E-state index contributed by atoms with van der Waals surface area (Å²) >= 11 is 0. The third-order valence-corrected chi connectivity index (χ3v) is 11.2. The Balaban J connectivity index is 1.23. The molecule has 10 nitrogen and oxygen atoms in total. The van der Waals surface area contributed by atoms with Crippen LogP contribution >= 0.6 is 0 Å². The van der Waals surface area contributed by atoms with Gasteiger partial charge in [0.1, 0.15) is 18.2 Å². The minimum atomic E-state index is -0.936. The maximum Gasteiger partial charge on any atom is 0.408 e. The number of benzene rings is 1. The summed E-state index contributed by atoms with van der Waals surface area (Å²) in [4.78, 5) is 68.6. The van der Waals surface area contributed by atoms with E-state index in [1.165, 1.54) is 7.05 Å². The van der Waals surface area contributed by atoms with Gasteiger partial charge in [0.15, 0.2) is 0 Å². The molecule has 238 valence electrons. The zero-order valence-corrected chi connectivity index (χ0v) is 26.3. The number of hydrogen-bond donors (Lipinski definition) is 3. The van der Waals surface area contributed by atoms with Crippen LogP contribution in [0.1, 0.15) is 70.4 Å². The molecular weight excluding hydrogens is 560 g/mol. The number of nitrogens with zero attached hydrogens (tertiary/aromatic N) is 1. The zero-order chi connectivity index (χ0) is 31.3. The molecule has 4 amide bonds. The van der Waals surface area contributed by atoms with E-state index >= 15 is 0 Å². The summed E-state index contributed by atoms with van der Waals surface area (Å²) in [6.07, 6.45) is 5.67. The fourth-order valence-corrected chi connectivity index (χ4v) is 8.24. The van der Waals surface area contributed by atoms with Crippen LogP contribution in [0.4, 0.5) is 4.79 Å². The van der Waals surface area contributed by atoms with Crippen molar-refractivity contribution in [3.63, 3.8) is 0 Å². The largest absolute Gasteiger partial charge is 0.446 e. The van der Waals surface area contributed by atoms with Gasteiger partial charge in [-0.1, -0.05) is 57.9 Å². The summed E-state index contributed by atoms with van der Waals surface area (Å²) < 4.78 is 5.82. The average Bonchev–Trinajstić information content (AvgIpc) is 3.63. The summed E-state index contributed by atoms with van der Waals surface area (Å²) in [6, 6.07) is 5.49. The molecule has 0 spiro atoms. The summed E-state index contributed by atoms with van der Waals surface area (Å²) in [5.74, 6) is -1.66. The van der Waals surface area contributed by atoms with Crippen molar-refractivity contribution in [3.8, 4) is 0 Å². The molecule has 1 aliphatic heterocycles. The first kappa shape index (κ1) is 30.6. The molecule has 1 saturated heterocycles. The second-order valence-corrected chi connectivity index (χ2v) is 14.5. The quantitative estimate of drug-likeness (QED) is 0.351. The predicted molar refractivity (Wildman–Crippen MR) is 162 cm³/mol. The van der Waals surface area contributed by atoms with E-state index in [-0.39, 0.29) is 41.1 Å². The third kappa shape index (κ3) is 5.84. The smallest absolute Gasteiger partial charge is 0.408 e. The van der Waals surface area contributed by atoms with Crippen molar-refractivity contribution in [2.24, 2.45) is 35.0 Å². The van der Waals surface area contributed by atoms with E-state index in [1.54, 1.807) is 4.90 Å². The van der Waals surface area contributed by atoms with Crippen LogP contribution in [0.3, 0.4) is 0 Å². The van der Waals surface area contributed by atoms with Gasteiger partial charge in [0, 0.05) is 13.6 Å². The van der Waals surface area contributed by atoms with Crippen LogP contribution in [-0.2, 0) is 36.8 Å². The van der Waals surface area contributed by atoms with Gasteiger partial charge in [-0.3, -0.25) is 19.2 Å². The first-order valence-electron chi connectivity index (χ1n) is 16.4. The van der Waals surface area contributed by atoms with Crippen molar-refractivity contribution in [1.82, 2.24) is 20.9 Å². The van der Waals surface area contributed by atoms with E-state index in [4.69, 9.17) is 4.74 Å². The number of rotatable bonds is 10. The van der Waals surface area contributed by atoms with E-state index in [2.05, 4.69) is 48.9 Å². The number of amides is 4. The van der Waals surface area contributed by atoms with Gasteiger partial charge in [-0.15, -0.1) is 0 Å². The molecule has 5 aliphatic rings. The number of piperidine rings is 1. The van der Waals surface area contributed by atoms with Gasteiger partial charge in [0.25, 0.3) is 5.91 Å². The van der Waals surface area contributed by atoms with Crippen LogP contribution in [-0.4, -0.2) is 72.3 Å². The molecule has 1 aromatic carbocycles. The van der Waals surface area contributed by atoms with Crippen LogP contribution in [0.15, 0.2) is 24.3 Å². The lowest BCUT2D eigenvalue weighted by atomic mass is 9.93. The minimum absolute atomic E-state index is 0.0733. The Morgan fingerprint density at radius 1 is 1.00 bits per heavy atom. The highest BCUT2D eigenvalue weighted by molar-refractivity contribution is 6.38. The van der Waals surface area contributed by atoms with Gasteiger partial charge in [0.2, 0.25) is 17.6 Å². The van der Waals surface area contributed by atoms with Gasteiger partial charge in [-0.05, 0) is 84.7 Å². The van der Waals surface area contributed by atoms with Crippen molar-refractivity contribution in [2.45, 2.75) is 96.4 Å². The molecule has 0 radical (unpaired) electrons. The molecular formula is C34H46N4O6. The molecule has 7 atom stereocenters. The average molecular weight is 607 g/mol. The van der Waals surface area contributed by atoms with Crippen LogP contribution < -0.4 is 16.0 Å². The Labute approximate surface area is 259 Å². The molecule has 1 unspecified atom stereocenters. The second-order valence-electron chi connectivity index (χ2n) is 14.5. The maximum atomic E-state index is 14.5. The number of alkyl carbamates (subject to hydrolysis) is 1. The Kier molecular flexibility index (Phi) is 8.22. The Hall–Kier alpha value is -3.43. The molecule has 0 aromatic heterocycles. The summed E-state index contributed by atoms with van der Waals surface area (Å²) in [5, 5.41) is 8.22. The molecule has 3 saturated carbocycles. The van der Waals surface area contributed by atoms with Crippen LogP contribution in [0.25, 0.3) is 0 Å². The molecule has 10 heteroatoms.